The number of aliphatic hydroxyl groups is 1. The van der Waals surface area contributed by atoms with Crippen LogP contribution in [0.1, 0.15) is 12.8 Å². The van der Waals surface area contributed by atoms with Crippen LogP contribution in [0.4, 0.5) is 5.69 Å². The number of rotatable bonds is 6. The lowest BCUT2D eigenvalue weighted by molar-refractivity contribution is -0.384. The van der Waals surface area contributed by atoms with E-state index in [-0.39, 0.29) is 24.8 Å². The van der Waals surface area contributed by atoms with Crippen LogP contribution in [0.5, 0.6) is 5.75 Å². The molecule has 1 fully saturated rings. The summed E-state index contributed by atoms with van der Waals surface area (Å²) < 4.78 is 5.32. The van der Waals surface area contributed by atoms with Crippen molar-refractivity contribution in [1.29, 1.82) is 0 Å². The van der Waals surface area contributed by atoms with Gasteiger partial charge in [0.25, 0.3) is 11.6 Å². The smallest absolute Gasteiger partial charge is 0.273 e. The molecule has 0 radical (unpaired) electrons. The van der Waals surface area contributed by atoms with Gasteiger partial charge in [-0.25, -0.2) is 0 Å². The summed E-state index contributed by atoms with van der Waals surface area (Å²) in [5, 5.41) is 19.5. The second-order valence-corrected chi connectivity index (χ2v) is 5.05. The summed E-state index contributed by atoms with van der Waals surface area (Å²) in [7, 11) is 0. The fourth-order valence-electron chi connectivity index (χ4n) is 2.40. The van der Waals surface area contributed by atoms with Gasteiger partial charge in [-0.15, -0.1) is 0 Å². The van der Waals surface area contributed by atoms with Crippen molar-refractivity contribution in [3.05, 3.63) is 34.4 Å². The molecule has 0 saturated carbocycles. The van der Waals surface area contributed by atoms with Crippen molar-refractivity contribution in [2.24, 2.45) is 5.92 Å². The molecule has 0 aromatic heterocycles. The molecule has 21 heavy (non-hydrogen) atoms. The Morgan fingerprint density at radius 1 is 1.52 bits per heavy atom. The number of nitro benzene ring substituents is 1. The van der Waals surface area contributed by atoms with Gasteiger partial charge in [0.05, 0.1) is 11.0 Å². The first-order valence-corrected chi connectivity index (χ1v) is 6.86. The van der Waals surface area contributed by atoms with E-state index in [1.807, 2.05) is 0 Å². The lowest BCUT2D eigenvalue weighted by Crippen LogP contribution is -2.33. The Kier molecular flexibility index (Phi) is 5.10. The standard InChI is InChI=1S/C14H18N2O5/c17-7-5-11-4-6-15(9-11)14(18)10-21-13-3-1-2-12(8-13)16(19)20/h1-3,8,11,17H,4-7,9-10H2. The number of benzene rings is 1. The van der Waals surface area contributed by atoms with Gasteiger partial charge in [0.15, 0.2) is 6.61 Å². The maximum absolute atomic E-state index is 12.0. The van der Waals surface area contributed by atoms with E-state index in [2.05, 4.69) is 0 Å². The van der Waals surface area contributed by atoms with Gasteiger partial charge in [-0.2, -0.15) is 0 Å². The van der Waals surface area contributed by atoms with Gasteiger partial charge in [-0.1, -0.05) is 6.07 Å². The Balaban J connectivity index is 1.84. The fraction of sp³-hybridized carbons (Fsp3) is 0.500. The van der Waals surface area contributed by atoms with Crippen LogP contribution in [0.2, 0.25) is 0 Å². The molecule has 1 aromatic rings. The molecule has 0 spiro atoms. The summed E-state index contributed by atoms with van der Waals surface area (Å²) in [5.41, 5.74) is -0.0656. The summed E-state index contributed by atoms with van der Waals surface area (Å²) in [4.78, 5) is 23.8. The van der Waals surface area contributed by atoms with E-state index >= 15 is 0 Å². The van der Waals surface area contributed by atoms with Crippen molar-refractivity contribution in [2.45, 2.75) is 12.8 Å². The van der Waals surface area contributed by atoms with Gasteiger partial charge >= 0.3 is 0 Å². The molecule has 1 unspecified atom stereocenters. The second kappa shape index (κ2) is 7.03. The molecule has 1 aromatic carbocycles. The number of ether oxygens (including phenoxy) is 1. The highest BCUT2D eigenvalue weighted by atomic mass is 16.6. The van der Waals surface area contributed by atoms with E-state index in [1.54, 1.807) is 11.0 Å². The van der Waals surface area contributed by atoms with E-state index in [4.69, 9.17) is 9.84 Å². The molecule has 1 aliphatic rings. The maximum atomic E-state index is 12.0. The minimum atomic E-state index is -0.505. The highest BCUT2D eigenvalue weighted by Crippen LogP contribution is 2.21. The van der Waals surface area contributed by atoms with E-state index in [0.717, 1.165) is 6.42 Å². The molecule has 1 aliphatic heterocycles. The van der Waals surface area contributed by atoms with E-state index in [0.29, 0.717) is 31.2 Å². The first kappa shape index (κ1) is 15.2. The van der Waals surface area contributed by atoms with Crippen LogP contribution in [0.3, 0.4) is 0 Å². The summed E-state index contributed by atoms with van der Waals surface area (Å²) in [6.07, 6.45) is 1.60. The molecule has 0 aliphatic carbocycles. The van der Waals surface area contributed by atoms with Gasteiger partial charge in [0, 0.05) is 25.8 Å². The molecular formula is C14H18N2O5. The summed E-state index contributed by atoms with van der Waals surface area (Å²) in [6.45, 7) is 1.31. The Morgan fingerprint density at radius 3 is 3.05 bits per heavy atom. The monoisotopic (exact) mass is 294 g/mol. The van der Waals surface area contributed by atoms with Crippen molar-refractivity contribution >= 4 is 11.6 Å². The minimum absolute atomic E-state index is 0.0656. The van der Waals surface area contributed by atoms with Crippen LogP contribution in [0, 0.1) is 16.0 Å². The zero-order valence-corrected chi connectivity index (χ0v) is 11.6. The van der Waals surface area contributed by atoms with Crippen LogP contribution in [0.15, 0.2) is 24.3 Å². The quantitative estimate of drug-likeness (QED) is 0.628. The molecule has 1 amide bonds. The predicted molar refractivity (Wildman–Crippen MR) is 75.0 cm³/mol. The topological polar surface area (TPSA) is 92.9 Å². The van der Waals surface area contributed by atoms with Crippen molar-refractivity contribution in [3.8, 4) is 5.75 Å². The molecular weight excluding hydrogens is 276 g/mol. The van der Waals surface area contributed by atoms with Crippen LogP contribution in [-0.2, 0) is 4.79 Å². The van der Waals surface area contributed by atoms with Gasteiger partial charge < -0.3 is 14.7 Å². The number of nitro groups is 1. The van der Waals surface area contributed by atoms with Crippen molar-refractivity contribution in [3.63, 3.8) is 0 Å². The SMILES string of the molecule is O=C(COc1cccc([N+](=O)[O-])c1)N1CCC(CCO)C1. The Bertz CT molecular complexity index is 520. The molecule has 1 heterocycles. The molecule has 7 nitrogen and oxygen atoms in total. The molecule has 2 rings (SSSR count). The third-order valence-corrected chi connectivity index (χ3v) is 3.57. The molecule has 1 saturated heterocycles. The van der Waals surface area contributed by atoms with Crippen LogP contribution in [0.25, 0.3) is 0 Å². The number of amides is 1. The molecule has 1 atom stereocenters. The van der Waals surface area contributed by atoms with Gasteiger partial charge in [0.1, 0.15) is 5.75 Å². The first-order chi connectivity index (χ1) is 10.1. The fourth-order valence-corrected chi connectivity index (χ4v) is 2.40. The number of aliphatic hydroxyl groups excluding tert-OH is 1. The lowest BCUT2D eigenvalue weighted by Gasteiger charge is -2.16. The Labute approximate surface area is 122 Å². The predicted octanol–water partition coefficient (Wildman–Crippen LogP) is 1.20. The Morgan fingerprint density at radius 2 is 2.33 bits per heavy atom. The highest BCUT2D eigenvalue weighted by Gasteiger charge is 2.25. The van der Waals surface area contributed by atoms with Crippen molar-refractivity contribution in [1.82, 2.24) is 4.90 Å². The number of likely N-dealkylation sites (tertiary alicyclic amines) is 1. The van der Waals surface area contributed by atoms with Crippen molar-refractivity contribution < 1.29 is 19.6 Å². The van der Waals surface area contributed by atoms with Crippen molar-refractivity contribution in [2.75, 3.05) is 26.3 Å². The normalized spacial score (nSPS) is 17.8. The summed E-state index contributed by atoms with van der Waals surface area (Å²) in [6, 6.07) is 5.77. The maximum Gasteiger partial charge on any atom is 0.273 e. The number of nitrogens with zero attached hydrogens (tertiary/aromatic N) is 2. The number of carbonyl (C=O) groups is 1. The largest absolute Gasteiger partial charge is 0.484 e. The minimum Gasteiger partial charge on any atom is -0.484 e. The van der Waals surface area contributed by atoms with Gasteiger partial charge in [-0.05, 0) is 24.8 Å². The van der Waals surface area contributed by atoms with Crippen LogP contribution >= 0.6 is 0 Å². The molecule has 7 heteroatoms. The zero-order chi connectivity index (χ0) is 15.2. The van der Waals surface area contributed by atoms with Crippen LogP contribution in [-0.4, -0.2) is 47.1 Å². The zero-order valence-electron chi connectivity index (χ0n) is 11.6. The Hall–Kier alpha value is -2.15. The second-order valence-electron chi connectivity index (χ2n) is 5.05. The molecule has 114 valence electrons. The number of hydrogen-bond acceptors (Lipinski definition) is 5. The van der Waals surface area contributed by atoms with E-state index in [1.165, 1.54) is 18.2 Å². The number of hydrogen-bond donors (Lipinski definition) is 1. The highest BCUT2D eigenvalue weighted by molar-refractivity contribution is 5.78. The van der Waals surface area contributed by atoms with Gasteiger partial charge in [-0.3, -0.25) is 14.9 Å². The average Bonchev–Trinajstić information content (AvgIpc) is 2.94. The molecule has 0 bridgehead atoms. The lowest BCUT2D eigenvalue weighted by atomic mass is 10.1. The summed E-state index contributed by atoms with van der Waals surface area (Å²) in [5.74, 6) is 0.516. The first-order valence-electron chi connectivity index (χ1n) is 6.86. The summed E-state index contributed by atoms with van der Waals surface area (Å²) >= 11 is 0. The van der Waals surface area contributed by atoms with E-state index < -0.39 is 4.92 Å². The third kappa shape index (κ3) is 4.16. The number of carbonyl (C=O) groups excluding carboxylic acids is 1. The van der Waals surface area contributed by atoms with Crippen LogP contribution < -0.4 is 4.74 Å². The number of non-ortho nitro benzene ring substituents is 1. The van der Waals surface area contributed by atoms with Gasteiger partial charge in [0.2, 0.25) is 0 Å². The average molecular weight is 294 g/mol. The van der Waals surface area contributed by atoms with E-state index in [9.17, 15) is 14.9 Å². The third-order valence-electron chi connectivity index (χ3n) is 3.57. The molecule has 1 N–H and O–H groups in total.